The topological polar surface area (TPSA) is 142 Å². The van der Waals surface area contributed by atoms with Crippen molar-refractivity contribution in [2.75, 3.05) is 0 Å². The molecule has 0 amide bonds. The van der Waals surface area contributed by atoms with Gasteiger partial charge in [-0.1, -0.05) is 0 Å². The number of carbonyl (C=O) groups excluding carboxylic acids is 4. The van der Waals surface area contributed by atoms with Gasteiger partial charge in [-0.05, 0) is 12.8 Å². The number of hydrogen-bond donors (Lipinski definition) is 0. The minimum atomic E-state index is -1.45. The van der Waals surface area contributed by atoms with E-state index in [-0.39, 0.29) is 59.1 Å². The summed E-state index contributed by atoms with van der Waals surface area (Å²) < 4.78 is 0. The molecule has 96 valence electrons. The largest absolute Gasteiger partial charge is 1.00 e. The molecule has 0 radical (unpaired) electrons. The van der Waals surface area contributed by atoms with Crippen LogP contribution < -0.4 is 69.3 Å². The molecule has 0 unspecified atom stereocenters. The predicted molar refractivity (Wildman–Crippen MR) is 41.8 cm³/mol. The molecule has 0 saturated heterocycles. The molecule has 0 N–H and O–H groups in total. The Balaban J connectivity index is -0.00000128. The van der Waals surface area contributed by atoms with Crippen molar-refractivity contribution in [3.63, 3.8) is 0 Å². The summed E-state index contributed by atoms with van der Waals surface area (Å²) >= 11 is 0. The Labute approximate surface area is 152 Å². The zero-order chi connectivity index (χ0) is 13.3. The van der Waals surface area contributed by atoms with E-state index < -0.39 is 49.6 Å². The van der Waals surface area contributed by atoms with Crippen molar-refractivity contribution in [2.24, 2.45) is 0 Å². The molecule has 0 spiro atoms. The summed E-state index contributed by atoms with van der Waals surface area (Å²) in [5.41, 5.74) is 0. The standard InChI is InChI=1S/C8H10O9.2Na/c9-5(10)1-3-7(13)15-17-16-8(14)4-2-6(11)12;;/h1-4H2,(H,9,10)(H,11,12);;/q;2*+1/p-2. The number of aliphatic carboxylic acids is 2. The van der Waals surface area contributed by atoms with Crippen molar-refractivity contribution >= 4 is 23.9 Å². The van der Waals surface area contributed by atoms with Crippen molar-refractivity contribution in [1.29, 1.82) is 0 Å². The summed E-state index contributed by atoms with van der Waals surface area (Å²) in [6.45, 7) is 0. The van der Waals surface area contributed by atoms with E-state index in [1.807, 2.05) is 0 Å². The van der Waals surface area contributed by atoms with Crippen LogP contribution in [0.1, 0.15) is 25.7 Å². The maximum absolute atomic E-state index is 10.7. The monoisotopic (exact) mass is 294 g/mol. The predicted octanol–water partition coefficient (Wildman–Crippen LogP) is -9.01. The van der Waals surface area contributed by atoms with Gasteiger partial charge in [-0.25, -0.2) is 9.59 Å². The Morgan fingerprint density at radius 3 is 1.26 bits per heavy atom. The molecule has 0 heterocycles. The van der Waals surface area contributed by atoms with Gasteiger partial charge >= 0.3 is 71.1 Å². The third-order valence-electron chi connectivity index (χ3n) is 1.32. The molecule has 0 rings (SSSR count). The van der Waals surface area contributed by atoms with Crippen molar-refractivity contribution in [3.05, 3.63) is 0 Å². The summed E-state index contributed by atoms with van der Waals surface area (Å²) in [6.07, 6.45) is -2.17. The van der Waals surface area contributed by atoms with Crippen LogP contribution in [0.2, 0.25) is 0 Å². The van der Waals surface area contributed by atoms with Gasteiger partial charge in [0, 0.05) is 17.0 Å². The van der Waals surface area contributed by atoms with Gasteiger partial charge in [0.15, 0.2) is 0 Å². The average Bonchev–Trinajstić information content (AvgIpc) is 2.23. The molecular weight excluding hydrogens is 286 g/mol. The van der Waals surface area contributed by atoms with E-state index in [0.29, 0.717) is 0 Å². The van der Waals surface area contributed by atoms with Crippen molar-refractivity contribution in [2.45, 2.75) is 25.7 Å². The Bertz CT molecular complexity index is 287. The molecule has 0 bridgehead atoms. The number of rotatable bonds is 8. The molecule has 0 fully saturated rings. The molecule has 0 aliphatic carbocycles. The normalized spacial score (nSPS) is 8.42. The maximum atomic E-state index is 10.7. The molecule has 19 heavy (non-hydrogen) atoms. The van der Waals surface area contributed by atoms with Gasteiger partial charge in [-0.3, -0.25) is 9.78 Å². The van der Waals surface area contributed by atoms with Crippen LogP contribution in [-0.4, -0.2) is 23.9 Å². The maximum Gasteiger partial charge on any atom is 1.00 e. The third-order valence-corrected chi connectivity index (χ3v) is 1.32. The van der Waals surface area contributed by atoms with Crippen LogP contribution in [0, 0.1) is 0 Å². The van der Waals surface area contributed by atoms with Gasteiger partial charge in [0.1, 0.15) is 0 Å². The second-order valence-electron chi connectivity index (χ2n) is 2.72. The van der Waals surface area contributed by atoms with Crippen LogP contribution in [0.15, 0.2) is 0 Å². The fourth-order valence-corrected chi connectivity index (χ4v) is 0.584. The van der Waals surface area contributed by atoms with Crippen molar-refractivity contribution in [1.82, 2.24) is 0 Å². The van der Waals surface area contributed by atoms with Gasteiger partial charge < -0.3 is 19.8 Å². The number of carboxylic acids is 2. The average molecular weight is 294 g/mol. The second-order valence-corrected chi connectivity index (χ2v) is 2.72. The first-order chi connectivity index (χ1) is 7.91. The summed E-state index contributed by atoms with van der Waals surface area (Å²) in [7, 11) is 0. The van der Waals surface area contributed by atoms with Gasteiger partial charge in [0.25, 0.3) is 0 Å². The van der Waals surface area contributed by atoms with E-state index in [0.717, 1.165) is 0 Å². The third kappa shape index (κ3) is 17.8. The Kier molecular flexibility index (Phi) is 17.9. The Hall–Kier alpha value is -0.160. The fraction of sp³-hybridized carbons (Fsp3) is 0.500. The quantitative estimate of drug-likeness (QED) is 0.242. The zero-order valence-electron chi connectivity index (χ0n) is 10.5. The Morgan fingerprint density at radius 2 is 1.00 bits per heavy atom. The van der Waals surface area contributed by atoms with Gasteiger partial charge in [0.05, 0.1) is 12.8 Å². The molecule has 9 nitrogen and oxygen atoms in total. The van der Waals surface area contributed by atoms with E-state index in [2.05, 4.69) is 14.8 Å². The number of carboxylic acid groups (broad SMARTS) is 2. The van der Waals surface area contributed by atoms with Crippen LogP contribution in [0.3, 0.4) is 0 Å². The van der Waals surface area contributed by atoms with Crippen LogP contribution in [0.4, 0.5) is 0 Å². The van der Waals surface area contributed by atoms with E-state index in [4.69, 9.17) is 0 Å². The molecule has 0 atom stereocenters. The molecule has 0 aliphatic rings. The molecule has 0 saturated carbocycles. The van der Waals surface area contributed by atoms with Crippen molar-refractivity contribution in [3.8, 4) is 0 Å². The van der Waals surface area contributed by atoms with Gasteiger partial charge in [-0.15, -0.1) is 0 Å². The van der Waals surface area contributed by atoms with Crippen molar-refractivity contribution < 1.29 is 103 Å². The second kappa shape index (κ2) is 14.3. The van der Waals surface area contributed by atoms with E-state index in [1.165, 1.54) is 0 Å². The first-order valence-electron chi connectivity index (χ1n) is 4.38. The van der Waals surface area contributed by atoms with E-state index in [9.17, 15) is 29.4 Å². The summed E-state index contributed by atoms with van der Waals surface area (Å²) in [6, 6.07) is 0. The van der Waals surface area contributed by atoms with Crippen LogP contribution in [-0.2, 0) is 34.0 Å². The van der Waals surface area contributed by atoms with Gasteiger partial charge in [-0.2, -0.15) is 0 Å². The van der Waals surface area contributed by atoms with Crippen LogP contribution in [0.25, 0.3) is 0 Å². The first-order valence-corrected chi connectivity index (χ1v) is 4.38. The van der Waals surface area contributed by atoms with E-state index in [1.54, 1.807) is 0 Å². The molecule has 11 heteroatoms. The molecule has 0 aromatic carbocycles. The molecule has 0 aliphatic heterocycles. The summed E-state index contributed by atoms with van der Waals surface area (Å²) in [5, 5.41) is 23.6. The Morgan fingerprint density at radius 1 is 0.684 bits per heavy atom. The summed E-state index contributed by atoms with van der Waals surface area (Å²) in [5.74, 6) is -5.07. The van der Waals surface area contributed by atoms with Crippen LogP contribution in [0.5, 0.6) is 0 Å². The minimum Gasteiger partial charge on any atom is -0.550 e. The van der Waals surface area contributed by atoms with Gasteiger partial charge in [0.2, 0.25) is 0 Å². The molecular formula is C8H8Na2O9. The van der Waals surface area contributed by atoms with Crippen LogP contribution >= 0.6 is 0 Å². The number of carbonyl (C=O) groups is 4. The molecule has 0 aromatic heterocycles. The zero-order valence-corrected chi connectivity index (χ0v) is 14.5. The van der Waals surface area contributed by atoms with E-state index >= 15 is 0 Å². The molecule has 0 aromatic rings. The minimum absolute atomic E-state index is 0. The fourth-order valence-electron chi connectivity index (χ4n) is 0.584. The first kappa shape index (κ1) is 23.9. The SMILES string of the molecule is O=C([O-])CCC(=O)OOOC(=O)CCC(=O)[O-].[Na+].[Na+]. The summed E-state index contributed by atoms with van der Waals surface area (Å²) in [4.78, 5) is 48.8. The number of hydrogen-bond acceptors (Lipinski definition) is 9. The smallest absolute Gasteiger partial charge is 0.550 e.